The highest BCUT2D eigenvalue weighted by Crippen LogP contribution is 2.27. The van der Waals surface area contributed by atoms with Crippen LogP contribution in [0.2, 0.25) is 0 Å². The van der Waals surface area contributed by atoms with Crippen molar-refractivity contribution in [2.45, 2.75) is 13.5 Å². The summed E-state index contributed by atoms with van der Waals surface area (Å²) >= 11 is 3.29. The number of phenols is 1. The normalized spacial score (nSPS) is 10.4. The van der Waals surface area contributed by atoms with Crippen molar-refractivity contribution in [3.63, 3.8) is 0 Å². The fourth-order valence-electron chi connectivity index (χ4n) is 1.71. The van der Waals surface area contributed by atoms with Gasteiger partial charge >= 0.3 is 0 Å². The van der Waals surface area contributed by atoms with Crippen LogP contribution in [0.15, 0.2) is 40.9 Å². The summed E-state index contributed by atoms with van der Waals surface area (Å²) in [7, 11) is 0. The van der Waals surface area contributed by atoms with Crippen LogP contribution in [0.5, 0.6) is 5.75 Å². The van der Waals surface area contributed by atoms with Gasteiger partial charge in [0.15, 0.2) is 0 Å². The third-order valence-corrected chi connectivity index (χ3v) is 3.31. The van der Waals surface area contributed by atoms with Gasteiger partial charge in [-0.3, -0.25) is 0 Å². The van der Waals surface area contributed by atoms with Gasteiger partial charge in [-0.05, 0) is 41.1 Å². The Bertz CT molecular complexity index is 551. The van der Waals surface area contributed by atoms with Gasteiger partial charge < -0.3 is 10.4 Å². The van der Waals surface area contributed by atoms with Gasteiger partial charge in [-0.2, -0.15) is 0 Å². The van der Waals surface area contributed by atoms with Crippen molar-refractivity contribution in [1.29, 1.82) is 0 Å². The van der Waals surface area contributed by atoms with Crippen LogP contribution >= 0.6 is 15.9 Å². The number of para-hydroxylation sites is 1. The number of aryl methyl sites for hydroxylation is 1. The van der Waals surface area contributed by atoms with Crippen LogP contribution < -0.4 is 5.32 Å². The predicted molar refractivity (Wildman–Crippen MR) is 74.3 cm³/mol. The first kappa shape index (κ1) is 12.9. The lowest BCUT2D eigenvalue weighted by Gasteiger charge is -2.11. The summed E-state index contributed by atoms with van der Waals surface area (Å²) in [4.78, 5) is 0. The van der Waals surface area contributed by atoms with Crippen LogP contribution in [0.25, 0.3) is 0 Å². The molecule has 0 saturated heterocycles. The van der Waals surface area contributed by atoms with Crippen molar-refractivity contribution in [3.05, 3.63) is 57.8 Å². The lowest BCUT2D eigenvalue weighted by atomic mass is 10.1. The van der Waals surface area contributed by atoms with Crippen LogP contribution in [0.4, 0.5) is 10.1 Å². The van der Waals surface area contributed by atoms with Crippen LogP contribution in [0, 0.1) is 12.7 Å². The maximum Gasteiger partial charge on any atom is 0.147 e. The zero-order chi connectivity index (χ0) is 13.1. The summed E-state index contributed by atoms with van der Waals surface area (Å²) in [5.41, 5.74) is 2.20. The van der Waals surface area contributed by atoms with E-state index in [9.17, 15) is 9.50 Å². The van der Waals surface area contributed by atoms with E-state index in [1.54, 1.807) is 18.2 Å². The molecule has 0 amide bonds. The number of hydrogen-bond donors (Lipinski definition) is 2. The second-order valence-electron chi connectivity index (χ2n) is 4.08. The molecule has 0 atom stereocenters. The summed E-state index contributed by atoms with van der Waals surface area (Å²) in [5, 5.41) is 12.7. The minimum absolute atomic E-state index is 0.209. The van der Waals surface area contributed by atoms with E-state index in [0.717, 1.165) is 11.1 Å². The molecule has 2 rings (SSSR count). The van der Waals surface area contributed by atoms with E-state index in [2.05, 4.69) is 21.2 Å². The highest BCUT2D eigenvalue weighted by atomic mass is 79.9. The quantitative estimate of drug-likeness (QED) is 0.890. The molecule has 0 aromatic heterocycles. The van der Waals surface area contributed by atoms with Crippen LogP contribution in [0.1, 0.15) is 11.1 Å². The number of nitrogens with one attached hydrogen (secondary N) is 1. The van der Waals surface area contributed by atoms with Crippen LogP contribution in [-0.2, 0) is 6.54 Å². The number of rotatable bonds is 3. The number of hydrogen-bond acceptors (Lipinski definition) is 2. The van der Waals surface area contributed by atoms with E-state index in [1.165, 1.54) is 6.07 Å². The molecule has 0 aliphatic rings. The Morgan fingerprint density at radius 2 is 2.06 bits per heavy atom. The van der Waals surface area contributed by atoms with E-state index < -0.39 is 0 Å². The average Bonchev–Trinajstić information content (AvgIpc) is 2.33. The number of anilines is 1. The van der Waals surface area contributed by atoms with Crippen molar-refractivity contribution in [2.75, 3.05) is 5.32 Å². The first-order valence-electron chi connectivity index (χ1n) is 5.54. The smallest absolute Gasteiger partial charge is 0.147 e. The number of aromatic hydroxyl groups is 1. The molecule has 0 aliphatic carbocycles. The lowest BCUT2D eigenvalue weighted by Crippen LogP contribution is -2.02. The van der Waals surface area contributed by atoms with Crippen molar-refractivity contribution >= 4 is 21.6 Å². The highest BCUT2D eigenvalue weighted by Gasteiger charge is 2.07. The minimum Gasteiger partial charge on any atom is -0.508 e. The molecule has 94 valence electrons. The van der Waals surface area contributed by atoms with E-state index >= 15 is 0 Å². The Morgan fingerprint density at radius 1 is 1.28 bits per heavy atom. The topological polar surface area (TPSA) is 32.3 Å². The molecule has 0 unspecified atom stereocenters. The zero-order valence-electron chi connectivity index (χ0n) is 9.87. The van der Waals surface area contributed by atoms with Gasteiger partial charge in [-0.25, -0.2) is 4.39 Å². The Balaban J connectivity index is 2.19. The van der Waals surface area contributed by atoms with Crippen LogP contribution in [0.3, 0.4) is 0 Å². The molecule has 0 spiro atoms. The summed E-state index contributed by atoms with van der Waals surface area (Å²) in [6, 6.07) is 10.1. The second kappa shape index (κ2) is 5.40. The van der Waals surface area contributed by atoms with E-state index in [0.29, 0.717) is 16.7 Å². The largest absolute Gasteiger partial charge is 0.508 e. The number of halogens is 2. The summed E-state index contributed by atoms with van der Waals surface area (Å²) < 4.78 is 14.2. The van der Waals surface area contributed by atoms with Gasteiger partial charge in [0.1, 0.15) is 11.6 Å². The van der Waals surface area contributed by atoms with Gasteiger partial charge in [0, 0.05) is 16.6 Å². The molecule has 0 saturated carbocycles. The Morgan fingerprint density at radius 3 is 2.78 bits per heavy atom. The van der Waals surface area contributed by atoms with Gasteiger partial charge in [0.2, 0.25) is 0 Å². The van der Waals surface area contributed by atoms with Gasteiger partial charge in [-0.15, -0.1) is 0 Å². The SMILES string of the molecule is Cc1ccc(O)c(CNc2c(F)cccc2Br)c1. The fraction of sp³-hybridized carbons (Fsp3) is 0.143. The fourth-order valence-corrected chi connectivity index (χ4v) is 2.19. The predicted octanol–water partition coefficient (Wildman–Crippen LogP) is 4.21. The Labute approximate surface area is 114 Å². The molecular weight excluding hydrogens is 297 g/mol. The van der Waals surface area contributed by atoms with Gasteiger partial charge in [-0.1, -0.05) is 23.8 Å². The molecule has 0 aliphatic heterocycles. The first-order valence-corrected chi connectivity index (χ1v) is 6.33. The molecular formula is C14H13BrFNO. The number of phenolic OH excluding ortho intramolecular Hbond substituents is 1. The molecule has 0 fully saturated rings. The maximum absolute atomic E-state index is 13.6. The molecule has 2 aromatic carbocycles. The number of benzene rings is 2. The standard InChI is InChI=1S/C14H13BrFNO/c1-9-5-6-13(18)10(7-9)8-17-14-11(15)3-2-4-12(14)16/h2-7,17-18H,8H2,1H3. The molecule has 2 N–H and O–H groups in total. The van der Waals surface area contributed by atoms with E-state index in [1.807, 2.05) is 19.1 Å². The second-order valence-corrected chi connectivity index (χ2v) is 4.94. The average molecular weight is 310 g/mol. The van der Waals surface area contributed by atoms with Crippen LogP contribution in [-0.4, -0.2) is 5.11 Å². The third-order valence-electron chi connectivity index (χ3n) is 2.65. The maximum atomic E-state index is 13.6. The van der Waals surface area contributed by atoms with Gasteiger partial charge in [0.05, 0.1) is 5.69 Å². The van der Waals surface area contributed by atoms with Crippen molar-refractivity contribution < 1.29 is 9.50 Å². The summed E-state index contributed by atoms with van der Waals surface area (Å²) in [6.07, 6.45) is 0. The first-order chi connectivity index (χ1) is 8.58. The van der Waals surface area contributed by atoms with Crippen molar-refractivity contribution in [3.8, 4) is 5.75 Å². The van der Waals surface area contributed by atoms with Crippen molar-refractivity contribution in [2.24, 2.45) is 0 Å². The van der Waals surface area contributed by atoms with Gasteiger partial charge in [0.25, 0.3) is 0 Å². The lowest BCUT2D eigenvalue weighted by molar-refractivity contribution is 0.469. The molecule has 18 heavy (non-hydrogen) atoms. The molecule has 2 nitrogen and oxygen atoms in total. The van der Waals surface area contributed by atoms with E-state index in [-0.39, 0.29) is 11.6 Å². The highest BCUT2D eigenvalue weighted by molar-refractivity contribution is 9.10. The third kappa shape index (κ3) is 2.82. The Hall–Kier alpha value is -1.55. The monoisotopic (exact) mass is 309 g/mol. The van der Waals surface area contributed by atoms with E-state index in [4.69, 9.17) is 0 Å². The molecule has 0 radical (unpaired) electrons. The summed E-state index contributed by atoms with van der Waals surface area (Å²) in [5.74, 6) is -0.114. The minimum atomic E-state index is -0.323. The Kier molecular flexibility index (Phi) is 3.87. The molecule has 2 aromatic rings. The molecule has 4 heteroatoms. The zero-order valence-corrected chi connectivity index (χ0v) is 11.5. The van der Waals surface area contributed by atoms with Crippen molar-refractivity contribution in [1.82, 2.24) is 0 Å². The molecule has 0 bridgehead atoms. The summed E-state index contributed by atoms with van der Waals surface area (Å²) in [6.45, 7) is 2.31. The molecule has 0 heterocycles.